The summed E-state index contributed by atoms with van der Waals surface area (Å²) in [7, 11) is 0. The number of primary amides is 1. The number of H-pyrrole nitrogens is 1. The van der Waals surface area contributed by atoms with Crippen molar-refractivity contribution in [2.45, 2.75) is 0 Å². The average molecular weight is 212 g/mol. The van der Waals surface area contributed by atoms with E-state index in [0.717, 1.165) is 16.5 Å². The first-order chi connectivity index (χ1) is 7.72. The number of rotatable bonds is 2. The van der Waals surface area contributed by atoms with Gasteiger partial charge < -0.3 is 10.7 Å². The van der Waals surface area contributed by atoms with Crippen LogP contribution in [0.4, 0.5) is 0 Å². The quantitative estimate of drug-likeness (QED) is 0.573. The van der Waals surface area contributed by atoms with Crippen LogP contribution < -0.4 is 5.73 Å². The van der Waals surface area contributed by atoms with Crippen LogP contribution in [0.2, 0.25) is 0 Å². The van der Waals surface area contributed by atoms with Gasteiger partial charge in [0.1, 0.15) is 11.6 Å². The maximum absolute atomic E-state index is 10.9. The van der Waals surface area contributed by atoms with E-state index in [2.05, 4.69) is 9.97 Å². The standard InChI is InChI=1S/C11H8N4O/c12-4-7(11(13)16)3-8-5-15-10-1-2-14-6-9(8)10/h1-3,5-6,15H,(H2,13,16)/b7-3-. The van der Waals surface area contributed by atoms with Gasteiger partial charge >= 0.3 is 0 Å². The van der Waals surface area contributed by atoms with Gasteiger partial charge in [-0.25, -0.2) is 0 Å². The number of nitrogens with one attached hydrogen (secondary N) is 1. The zero-order valence-electron chi connectivity index (χ0n) is 8.27. The highest BCUT2D eigenvalue weighted by molar-refractivity contribution is 6.02. The molecule has 0 atom stereocenters. The number of pyridine rings is 1. The monoisotopic (exact) mass is 212 g/mol. The molecule has 1 amide bonds. The minimum atomic E-state index is -0.735. The molecule has 0 fully saturated rings. The lowest BCUT2D eigenvalue weighted by Crippen LogP contribution is -2.12. The van der Waals surface area contributed by atoms with Crippen LogP contribution in [0.1, 0.15) is 5.56 Å². The van der Waals surface area contributed by atoms with Gasteiger partial charge in [0.2, 0.25) is 0 Å². The molecular formula is C11H8N4O. The molecule has 0 aromatic carbocycles. The lowest BCUT2D eigenvalue weighted by atomic mass is 10.1. The fourth-order valence-electron chi connectivity index (χ4n) is 1.42. The van der Waals surface area contributed by atoms with Crippen molar-refractivity contribution in [1.82, 2.24) is 9.97 Å². The molecule has 5 nitrogen and oxygen atoms in total. The van der Waals surface area contributed by atoms with Gasteiger partial charge in [-0.05, 0) is 12.1 Å². The van der Waals surface area contributed by atoms with Crippen LogP contribution in [-0.2, 0) is 4.79 Å². The first kappa shape index (κ1) is 9.93. The van der Waals surface area contributed by atoms with Gasteiger partial charge in [0, 0.05) is 35.1 Å². The molecule has 0 spiro atoms. The SMILES string of the molecule is N#C/C(=C/c1c[nH]c2ccncc12)C(N)=O. The summed E-state index contributed by atoms with van der Waals surface area (Å²) in [5.41, 5.74) is 6.59. The molecule has 0 radical (unpaired) electrons. The molecular weight excluding hydrogens is 204 g/mol. The smallest absolute Gasteiger partial charge is 0.259 e. The summed E-state index contributed by atoms with van der Waals surface area (Å²) >= 11 is 0. The third kappa shape index (κ3) is 1.64. The number of hydrogen-bond donors (Lipinski definition) is 2. The fourth-order valence-corrected chi connectivity index (χ4v) is 1.42. The second-order valence-electron chi connectivity index (χ2n) is 3.20. The number of nitrogens with two attached hydrogens (primary N) is 1. The van der Waals surface area contributed by atoms with Crippen molar-refractivity contribution >= 4 is 22.9 Å². The van der Waals surface area contributed by atoms with Crippen molar-refractivity contribution in [3.63, 3.8) is 0 Å². The van der Waals surface area contributed by atoms with Crippen LogP contribution in [0.15, 0.2) is 30.2 Å². The Kier molecular flexibility index (Phi) is 2.40. The summed E-state index contributed by atoms with van der Waals surface area (Å²) in [6.07, 6.45) is 6.47. The highest BCUT2D eigenvalue weighted by Crippen LogP contribution is 2.18. The molecule has 0 aliphatic rings. The number of aromatic nitrogens is 2. The highest BCUT2D eigenvalue weighted by Gasteiger charge is 2.06. The lowest BCUT2D eigenvalue weighted by molar-refractivity contribution is -0.114. The van der Waals surface area contributed by atoms with E-state index in [1.165, 1.54) is 6.08 Å². The van der Waals surface area contributed by atoms with Crippen molar-refractivity contribution in [2.75, 3.05) is 0 Å². The molecule has 2 aromatic rings. The first-order valence-electron chi connectivity index (χ1n) is 4.55. The third-order valence-electron chi connectivity index (χ3n) is 2.20. The molecule has 78 valence electrons. The molecule has 2 aromatic heterocycles. The molecule has 0 aliphatic heterocycles. The Hall–Kier alpha value is -2.61. The maximum Gasteiger partial charge on any atom is 0.259 e. The number of carbonyl (C=O) groups excluding carboxylic acids is 1. The predicted octanol–water partition coefficient (Wildman–Crippen LogP) is 0.955. The summed E-state index contributed by atoms with van der Waals surface area (Å²) in [4.78, 5) is 17.9. The predicted molar refractivity (Wildman–Crippen MR) is 58.9 cm³/mol. The minimum Gasteiger partial charge on any atom is -0.365 e. The number of hydrogen-bond acceptors (Lipinski definition) is 3. The van der Waals surface area contributed by atoms with E-state index < -0.39 is 5.91 Å². The average Bonchev–Trinajstić information content (AvgIpc) is 2.69. The Morgan fingerprint density at radius 3 is 3.12 bits per heavy atom. The molecule has 3 N–H and O–H groups in total. The highest BCUT2D eigenvalue weighted by atomic mass is 16.1. The largest absolute Gasteiger partial charge is 0.365 e. The number of nitrogens with zero attached hydrogens (tertiary/aromatic N) is 2. The van der Waals surface area contributed by atoms with E-state index >= 15 is 0 Å². The summed E-state index contributed by atoms with van der Waals surface area (Å²) in [6.45, 7) is 0. The zero-order valence-corrected chi connectivity index (χ0v) is 8.27. The molecule has 0 bridgehead atoms. The first-order valence-corrected chi connectivity index (χ1v) is 4.55. The molecule has 0 unspecified atom stereocenters. The topological polar surface area (TPSA) is 95.6 Å². The van der Waals surface area contributed by atoms with Crippen LogP contribution in [0.25, 0.3) is 17.0 Å². The second kappa shape index (κ2) is 3.87. The zero-order chi connectivity index (χ0) is 11.5. The Morgan fingerprint density at radius 2 is 2.44 bits per heavy atom. The van der Waals surface area contributed by atoms with Gasteiger partial charge in [0.25, 0.3) is 5.91 Å². The van der Waals surface area contributed by atoms with Crippen molar-refractivity contribution in [1.29, 1.82) is 5.26 Å². The van der Waals surface area contributed by atoms with E-state index in [1.807, 2.05) is 6.07 Å². The van der Waals surface area contributed by atoms with Gasteiger partial charge in [-0.3, -0.25) is 9.78 Å². The minimum absolute atomic E-state index is 0.0789. The Balaban J connectivity index is 2.57. The van der Waals surface area contributed by atoms with Gasteiger partial charge in [-0.1, -0.05) is 0 Å². The molecule has 0 aliphatic carbocycles. The van der Waals surface area contributed by atoms with Gasteiger partial charge in [-0.15, -0.1) is 0 Å². The Bertz CT molecular complexity index is 618. The van der Waals surface area contributed by atoms with Gasteiger partial charge in [0.05, 0.1) is 0 Å². The number of amides is 1. The van der Waals surface area contributed by atoms with E-state index in [4.69, 9.17) is 11.0 Å². The van der Waals surface area contributed by atoms with Crippen LogP contribution in [0.5, 0.6) is 0 Å². The van der Waals surface area contributed by atoms with Crippen LogP contribution >= 0.6 is 0 Å². The number of nitriles is 1. The van der Waals surface area contributed by atoms with Crippen LogP contribution in [-0.4, -0.2) is 15.9 Å². The molecule has 2 rings (SSSR count). The second-order valence-corrected chi connectivity index (χ2v) is 3.20. The summed E-state index contributed by atoms with van der Waals surface area (Å²) in [6, 6.07) is 3.57. The summed E-state index contributed by atoms with van der Waals surface area (Å²) < 4.78 is 0. The van der Waals surface area contributed by atoms with E-state index in [-0.39, 0.29) is 5.57 Å². The van der Waals surface area contributed by atoms with Gasteiger partial charge in [0.15, 0.2) is 0 Å². The summed E-state index contributed by atoms with van der Waals surface area (Å²) in [5, 5.41) is 9.57. The van der Waals surface area contributed by atoms with Crippen molar-refractivity contribution in [2.24, 2.45) is 5.73 Å². The maximum atomic E-state index is 10.9. The van der Waals surface area contributed by atoms with Crippen LogP contribution in [0, 0.1) is 11.3 Å². The Labute approximate surface area is 91.2 Å². The van der Waals surface area contributed by atoms with Gasteiger partial charge in [-0.2, -0.15) is 5.26 Å². The molecule has 5 heteroatoms. The molecule has 16 heavy (non-hydrogen) atoms. The third-order valence-corrected chi connectivity index (χ3v) is 2.20. The lowest BCUT2D eigenvalue weighted by Gasteiger charge is -1.92. The number of fused-ring (bicyclic) bond motifs is 1. The Morgan fingerprint density at radius 1 is 1.62 bits per heavy atom. The summed E-state index contributed by atoms with van der Waals surface area (Å²) in [5.74, 6) is -0.735. The van der Waals surface area contributed by atoms with E-state index in [9.17, 15) is 4.79 Å². The van der Waals surface area contributed by atoms with Crippen molar-refractivity contribution in [3.05, 3.63) is 35.8 Å². The molecule has 2 heterocycles. The van der Waals surface area contributed by atoms with E-state index in [0.29, 0.717) is 0 Å². The van der Waals surface area contributed by atoms with Crippen molar-refractivity contribution in [3.8, 4) is 6.07 Å². The number of aromatic amines is 1. The number of carbonyl (C=O) groups is 1. The van der Waals surface area contributed by atoms with Crippen LogP contribution in [0.3, 0.4) is 0 Å². The molecule has 0 saturated heterocycles. The fraction of sp³-hybridized carbons (Fsp3) is 0. The molecule has 0 saturated carbocycles. The normalized spacial score (nSPS) is 11.3. The van der Waals surface area contributed by atoms with Crippen molar-refractivity contribution < 1.29 is 4.79 Å². The van der Waals surface area contributed by atoms with E-state index in [1.54, 1.807) is 24.7 Å².